The summed E-state index contributed by atoms with van der Waals surface area (Å²) in [6, 6.07) is 7.94. The van der Waals surface area contributed by atoms with Crippen LogP contribution >= 0.6 is 0 Å². The number of carbonyl (C=O) groups excluding carboxylic acids is 2. The number of hydrogen-bond acceptors (Lipinski definition) is 4. The normalized spacial score (nSPS) is 10.2. The Bertz CT molecular complexity index is 681. The van der Waals surface area contributed by atoms with Crippen molar-refractivity contribution in [2.75, 3.05) is 6.61 Å². The van der Waals surface area contributed by atoms with Gasteiger partial charge in [0.05, 0.1) is 5.56 Å². The predicted octanol–water partition coefficient (Wildman–Crippen LogP) is 2.71. The summed E-state index contributed by atoms with van der Waals surface area (Å²) in [4.78, 5) is 23.3. The fourth-order valence-electron chi connectivity index (χ4n) is 1.56. The molecule has 2 rings (SSSR count). The van der Waals surface area contributed by atoms with Gasteiger partial charge >= 0.3 is 5.97 Å². The molecule has 0 amide bonds. The molecule has 0 saturated heterocycles. The Balaban J connectivity index is 1.98. The molecular weight excluding hydrogens is 282 g/mol. The molecular formula is C15H10F2O4. The van der Waals surface area contributed by atoms with Gasteiger partial charge in [0.1, 0.15) is 5.75 Å². The molecule has 0 spiro atoms. The van der Waals surface area contributed by atoms with E-state index in [1.807, 2.05) is 0 Å². The molecule has 0 aliphatic rings. The van der Waals surface area contributed by atoms with E-state index in [-0.39, 0.29) is 16.9 Å². The van der Waals surface area contributed by atoms with Crippen LogP contribution in [0.2, 0.25) is 0 Å². The van der Waals surface area contributed by atoms with Gasteiger partial charge in [0.15, 0.2) is 24.0 Å². The average Bonchev–Trinajstić information content (AvgIpc) is 2.48. The highest BCUT2D eigenvalue weighted by Crippen LogP contribution is 2.12. The van der Waals surface area contributed by atoms with Gasteiger partial charge in [-0.1, -0.05) is 0 Å². The van der Waals surface area contributed by atoms with Crippen molar-refractivity contribution >= 4 is 11.8 Å². The number of carbonyl (C=O) groups is 2. The molecule has 0 aliphatic heterocycles. The van der Waals surface area contributed by atoms with Crippen LogP contribution in [-0.4, -0.2) is 23.5 Å². The summed E-state index contributed by atoms with van der Waals surface area (Å²) < 4.78 is 30.5. The first-order valence-electron chi connectivity index (χ1n) is 5.92. The van der Waals surface area contributed by atoms with Crippen molar-refractivity contribution in [1.82, 2.24) is 0 Å². The highest BCUT2D eigenvalue weighted by atomic mass is 19.2. The van der Waals surface area contributed by atoms with E-state index in [0.717, 1.165) is 18.2 Å². The summed E-state index contributed by atoms with van der Waals surface area (Å²) in [5.74, 6) is -3.63. The highest BCUT2D eigenvalue weighted by molar-refractivity contribution is 5.99. The fourth-order valence-corrected chi connectivity index (χ4v) is 1.56. The number of ketones is 1. The van der Waals surface area contributed by atoms with Gasteiger partial charge in [0.25, 0.3) is 0 Å². The monoisotopic (exact) mass is 292 g/mol. The van der Waals surface area contributed by atoms with Gasteiger partial charge in [0.2, 0.25) is 0 Å². The molecule has 108 valence electrons. The van der Waals surface area contributed by atoms with Gasteiger partial charge in [-0.25, -0.2) is 13.6 Å². The molecule has 4 nitrogen and oxygen atoms in total. The minimum atomic E-state index is -1.15. The molecule has 0 bridgehead atoms. The number of rotatable bonds is 4. The van der Waals surface area contributed by atoms with E-state index in [9.17, 15) is 18.4 Å². The van der Waals surface area contributed by atoms with Gasteiger partial charge in [0, 0.05) is 5.56 Å². The van der Waals surface area contributed by atoms with Crippen LogP contribution < -0.4 is 0 Å². The maximum absolute atomic E-state index is 13.0. The third kappa shape index (κ3) is 3.62. The van der Waals surface area contributed by atoms with E-state index in [2.05, 4.69) is 0 Å². The predicted molar refractivity (Wildman–Crippen MR) is 69.1 cm³/mol. The Morgan fingerprint density at radius 3 is 2.19 bits per heavy atom. The van der Waals surface area contributed by atoms with E-state index < -0.39 is 30.0 Å². The number of ether oxygens (including phenoxy) is 1. The second-order valence-corrected chi connectivity index (χ2v) is 4.18. The van der Waals surface area contributed by atoms with Crippen LogP contribution in [0.1, 0.15) is 20.7 Å². The summed E-state index contributed by atoms with van der Waals surface area (Å²) in [6.07, 6.45) is 0. The first-order chi connectivity index (χ1) is 9.97. The van der Waals surface area contributed by atoms with Gasteiger partial charge in [-0.2, -0.15) is 0 Å². The lowest BCUT2D eigenvalue weighted by Gasteiger charge is -2.05. The summed E-state index contributed by atoms with van der Waals surface area (Å²) in [5, 5.41) is 9.08. The molecule has 0 aliphatic carbocycles. The molecule has 2 aromatic carbocycles. The van der Waals surface area contributed by atoms with Crippen molar-refractivity contribution in [3.63, 3.8) is 0 Å². The zero-order chi connectivity index (χ0) is 15.4. The maximum atomic E-state index is 13.0. The first-order valence-corrected chi connectivity index (χ1v) is 5.92. The molecule has 0 fully saturated rings. The highest BCUT2D eigenvalue weighted by Gasteiger charge is 2.13. The lowest BCUT2D eigenvalue weighted by molar-refractivity contribution is 0.0474. The van der Waals surface area contributed by atoms with Gasteiger partial charge in [-0.15, -0.1) is 0 Å². The van der Waals surface area contributed by atoms with Crippen LogP contribution in [0, 0.1) is 11.6 Å². The van der Waals surface area contributed by atoms with E-state index in [4.69, 9.17) is 9.84 Å². The van der Waals surface area contributed by atoms with E-state index >= 15 is 0 Å². The van der Waals surface area contributed by atoms with Crippen molar-refractivity contribution in [1.29, 1.82) is 0 Å². The molecule has 21 heavy (non-hydrogen) atoms. The van der Waals surface area contributed by atoms with E-state index in [1.54, 1.807) is 0 Å². The van der Waals surface area contributed by atoms with Crippen LogP contribution in [0.25, 0.3) is 0 Å². The molecule has 0 radical (unpaired) electrons. The van der Waals surface area contributed by atoms with Crippen molar-refractivity contribution in [2.24, 2.45) is 0 Å². The van der Waals surface area contributed by atoms with Crippen molar-refractivity contribution in [2.45, 2.75) is 0 Å². The molecule has 1 N–H and O–H groups in total. The molecule has 0 unspecified atom stereocenters. The average molecular weight is 292 g/mol. The minimum absolute atomic E-state index is 0.00980. The molecule has 2 aromatic rings. The second-order valence-electron chi connectivity index (χ2n) is 4.18. The summed E-state index contributed by atoms with van der Waals surface area (Å²) in [6.45, 7) is -0.592. The summed E-state index contributed by atoms with van der Waals surface area (Å²) in [7, 11) is 0. The number of phenolic OH excluding ortho intramolecular Hbond substituents is 1. The van der Waals surface area contributed by atoms with E-state index in [0.29, 0.717) is 0 Å². The molecule has 0 atom stereocenters. The third-order valence-corrected chi connectivity index (χ3v) is 2.68. The number of hydrogen-bond donors (Lipinski definition) is 1. The number of Topliss-reactive ketones (excluding diaryl/α,β-unsaturated/α-hetero) is 1. The van der Waals surface area contributed by atoms with Crippen LogP contribution in [-0.2, 0) is 4.74 Å². The number of aromatic hydroxyl groups is 1. The zero-order valence-corrected chi connectivity index (χ0v) is 10.7. The number of phenols is 1. The largest absolute Gasteiger partial charge is 0.508 e. The number of halogens is 2. The van der Waals surface area contributed by atoms with E-state index in [1.165, 1.54) is 24.3 Å². The Morgan fingerprint density at radius 2 is 1.57 bits per heavy atom. The molecule has 6 heteroatoms. The lowest BCUT2D eigenvalue weighted by Crippen LogP contribution is -2.14. The fraction of sp³-hybridized carbons (Fsp3) is 0.0667. The van der Waals surface area contributed by atoms with Gasteiger partial charge in [-0.05, 0) is 42.5 Å². The van der Waals surface area contributed by atoms with Gasteiger partial charge in [-0.3, -0.25) is 4.79 Å². The third-order valence-electron chi connectivity index (χ3n) is 2.68. The topological polar surface area (TPSA) is 63.6 Å². The Morgan fingerprint density at radius 1 is 0.952 bits per heavy atom. The molecule has 0 saturated carbocycles. The van der Waals surface area contributed by atoms with Crippen LogP contribution in [0.5, 0.6) is 5.75 Å². The summed E-state index contributed by atoms with van der Waals surface area (Å²) >= 11 is 0. The van der Waals surface area contributed by atoms with Crippen molar-refractivity contribution in [3.05, 3.63) is 65.2 Å². The number of esters is 1. The smallest absolute Gasteiger partial charge is 0.338 e. The maximum Gasteiger partial charge on any atom is 0.338 e. The zero-order valence-electron chi connectivity index (χ0n) is 10.7. The molecule has 0 heterocycles. The van der Waals surface area contributed by atoms with Crippen LogP contribution in [0.15, 0.2) is 42.5 Å². The van der Waals surface area contributed by atoms with Crippen LogP contribution in [0.4, 0.5) is 8.78 Å². The quantitative estimate of drug-likeness (QED) is 0.695. The van der Waals surface area contributed by atoms with Crippen LogP contribution in [0.3, 0.4) is 0 Å². The van der Waals surface area contributed by atoms with Gasteiger partial charge < -0.3 is 9.84 Å². The standard InChI is InChI=1S/C15H10F2O4/c16-12-6-3-10(7-13(12)17)14(19)8-21-15(20)9-1-4-11(18)5-2-9/h1-7,18H,8H2. The lowest BCUT2D eigenvalue weighted by atomic mass is 10.1. The minimum Gasteiger partial charge on any atom is -0.508 e. The Kier molecular flexibility index (Phi) is 4.27. The van der Waals surface area contributed by atoms with Crippen molar-refractivity contribution in [3.8, 4) is 5.75 Å². The second kappa shape index (κ2) is 6.13. The molecule has 0 aromatic heterocycles. The Labute approximate surface area is 118 Å². The first kappa shape index (κ1) is 14.6. The van der Waals surface area contributed by atoms with Crippen molar-refractivity contribution < 1.29 is 28.2 Å². The Hall–Kier alpha value is -2.76. The number of benzene rings is 2. The summed E-state index contributed by atoms with van der Waals surface area (Å²) in [5.41, 5.74) is 0.0679. The SMILES string of the molecule is O=C(COC(=O)c1ccc(O)cc1)c1ccc(F)c(F)c1.